The van der Waals surface area contributed by atoms with Crippen molar-refractivity contribution in [3.8, 4) is 5.75 Å². The molecule has 1 aromatic rings. The molecule has 0 saturated carbocycles. The zero-order valence-corrected chi connectivity index (χ0v) is 8.13. The van der Waals surface area contributed by atoms with Crippen molar-refractivity contribution in [3.63, 3.8) is 0 Å². The van der Waals surface area contributed by atoms with Gasteiger partial charge in [0, 0.05) is 11.6 Å². The van der Waals surface area contributed by atoms with Crippen molar-refractivity contribution in [2.75, 3.05) is 6.54 Å². The molecule has 12 heavy (non-hydrogen) atoms. The third kappa shape index (κ3) is 1.23. The lowest BCUT2D eigenvalue weighted by Crippen LogP contribution is -2.34. The van der Waals surface area contributed by atoms with Crippen molar-refractivity contribution in [2.24, 2.45) is 0 Å². The largest absolute Gasteiger partial charge is 0.506 e. The van der Waals surface area contributed by atoms with E-state index in [4.69, 9.17) is 0 Å². The van der Waals surface area contributed by atoms with E-state index >= 15 is 0 Å². The van der Waals surface area contributed by atoms with Crippen LogP contribution in [0.3, 0.4) is 0 Å². The van der Waals surface area contributed by atoms with Crippen molar-refractivity contribution in [1.29, 1.82) is 0 Å². The second-order valence-electron chi connectivity index (χ2n) is 2.97. The van der Waals surface area contributed by atoms with Crippen molar-refractivity contribution in [3.05, 3.63) is 28.2 Å². The molecule has 0 spiro atoms. The molecule has 1 fully saturated rings. The molecule has 0 aliphatic carbocycles. The van der Waals surface area contributed by atoms with E-state index in [-0.39, 0.29) is 0 Å². The minimum absolute atomic E-state index is 0.350. The molecule has 3 heteroatoms. The Bertz CT molecular complexity index is 297. The third-order valence-corrected chi connectivity index (χ3v) is 2.86. The molecule has 2 nitrogen and oxygen atoms in total. The number of para-hydroxylation sites is 1. The summed E-state index contributed by atoms with van der Waals surface area (Å²) in [6.45, 7) is 1.05. The van der Waals surface area contributed by atoms with Gasteiger partial charge >= 0.3 is 0 Å². The number of halogens is 1. The number of rotatable bonds is 1. The first-order valence-electron chi connectivity index (χ1n) is 4.00. The van der Waals surface area contributed by atoms with E-state index in [1.54, 1.807) is 0 Å². The van der Waals surface area contributed by atoms with Gasteiger partial charge in [0.1, 0.15) is 5.75 Å². The first-order valence-corrected chi connectivity index (χ1v) is 4.79. The number of aromatic hydroxyl groups is 1. The van der Waals surface area contributed by atoms with Gasteiger partial charge in [0.15, 0.2) is 0 Å². The molecule has 1 atom stereocenters. The van der Waals surface area contributed by atoms with Crippen LogP contribution in [-0.4, -0.2) is 11.7 Å². The van der Waals surface area contributed by atoms with Gasteiger partial charge < -0.3 is 10.4 Å². The van der Waals surface area contributed by atoms with Crippen molar-refractivity contribution < 1.29 is 5.11 Å². The average molecular weight is 228 g/mol. The molecule has 0 aromatic heterocycles. The highest BCUT2D eigenvalue weighted by Crippen LogP contribution is 2.35. The van der Waals surface area contributed by atoms with Gasteiger partial charge in [0.2, 0.25) is 0 Å². The van der Waals surface area contributed by atoms with Gasteiger partial charge in [-0.15, -0.1) is 0 Å². The summed E-state index contributed by atoms with van der Waals surface area (Å²) >= 11 is 3.29. The van der Waals surface area contributed by atoms with Gasteiger partial charge in [-0.3, -0.25) is 0 Å². The SMILES string of the molecule is Oc1c(Br)cccc1[C@@H]1CCN1. The highest BCUT2D eigenvalue weighted by Gasteiger charge is 2.21. The van der Waals surface area contributed by atoms with Crippen LogP contribution in [0.2, 0.25) is 0 Å². The molecule has 0 bridgehead atoms. The fourth-order valence-corrected chi connectivity index (χ4v) is 1.75. The molecule has 1 aromatic carbocycles. The Kier molecular flexibility index (Phi) is 2.07. The summed E-state index contributed by atoms with van der Waals surface area (Å²) in [7, 11) is 0. The molecule has 64 valence electrons. The molecule has 2 rings (SSSR count). The predicted molar refractivity (Wildman–Crippen MR) is 51.2 cm³/mol. The van der Waals surface area contributed by atoms with E-state index in [2.05, 4.69) is 21.2 Å². The Balaban J connectivity index is 2.36. The Labute approximate surface area is 79.7 Å². The van der Waals surface area contributed by atoms with Gasteiger partial charge in [-0.2, -0.15) is 0 Å². The number of benzene rings is 1. The second-order valence-corrected chi connectivity index (χ2v) is 3.83. The van der Waals surface area contributed by atoms with Crippen LogP contribution in [0.15, 0.2) is 22.7 Å². The fraction of sp³-hybridized carbons (Fsp3) is 0.333. The summed E-state index contributed by atoms with van der Waals surface area (Å²) < 4.78 is 0.772. The highest BCUT2D eigenvalue weighted by molar-refractivity contribution is 9.10. The quantitative estimate of drug-likeness (QED) is 0.772. The zero-order chi connectivity index (χ0) is 8.55. The van der Waals surface area contributed by atoms with Crippen LogP contribution >= 0.6 is 15.9 Å². The highest BCUT2D eigenvalue weighted by atomic mass is 79.9. The van der Waals surface area contributed by atoms with Gasteiger partial charge in [-0.1, -0.05) is 12.1 Å². The molecular formula is C9H10BrNO. The second kappa shape index (κ2) is 3.07. The number of phenols is 1. The summed E-state index contributed by atoms with van der Waals surface area (Å²) in [5.41, 5.74) is 0.996. The Morgan fingerprint density at radius 3 is 2.83 bits per heavy atom. The molecular weight excluding hydrogens is 218 g/mol. The van der Waals surface area contributed by atoms with E-state index in [0.717, 1.165) is 23.0 Å². The summed E-state index contributed by atoms with van der Waals surface area (Å²) in [5, 5.41) is 12.9. The Morgan fingerprint density at radius 1 is 1.50 bits per heavy atom. The average Bonchev–Trinajstić information content (AvgIpc) is 1.95. The first-order chi connectivity index (χ1) is 5.79. The summed E-state index contributed by atoms with van der Waals surface area (Å²) in [6.07, 6.45) is 1.12. The third-order valence-electron chi connectivity index (χ3n) is 2.22. The van der Waals surface area contributed by atoms with Gasteiger partial charge in [-0.25, -0.2) is 0 Å². The number of nitrogens with one attached hydrogen (secondary N) is 1. The van der Waals surface area contributed by atoms with Crippen LogP contribution in [0.25, 0.3) is 0 Å². The molecule has 2 N–H and O–H groups in total. The van der Waals surface area contributed by atoms with Crippen molar-refractivity contribution >= 4 is 15.9 Å². The summed E-state index contributed by atoms with van der Waals surface area (Å²) in [4.78, 5) is 0. The van der Waals surface area contributed by atoms with Crippen LogP contribution in [-0.2, 0) is 0 Å². The van der Waals surface area contributed by atoms with Gasteiger partial charge in [0.05, 0.1) is 4.47 Å². The minimum atomic E-state index is 0.350. The smallest absolute Gasteiger partial charge is 0.134 e. The summed E-state index contributed by atoms with van der Waals surface area (Å²) in [6, 6.07) is 6.09. The maximum absolute atomic E-state index is 9.65. The minimum Gasteiger partial charge on any atom is -0.506 e. The molecule has 1 aliphatic heterocycles. The van der Waals surface area contributed by atoms with Gasteiger partial charge in [0.25, 0.3) is 0 Å². The van der Waals surface area contributed by atoms with E-state index in [9.17, 15) is 5.11 Å². The topological polar surface area (TPSA) is 32.3 Å². The molecule has 0 unspecified atom stereocenters. The zero-order valence-electron chi connectivity index (χ0n) is 6.55. The van der Waals surface area contributed by atoms with Crippen LogP contribution in [0.1, 0.15) is 18.0 Å². The Morgan fingerprint density at radius 2 is 2.25 bits per heavy atom. The summed E-state index contributed by atoms with van der Waals surface area (Å²) in [5.74, 6) is 0.370. The predicted octanol–water partition coefficient (Wildman–Crippen LogP) is 2.19. The lowest BCUT2D eigenvalue weighted by Gasteiger charge is -2.28. The standard InChI is InChI=1S/C9H10BrNO/c10-7-3-1-2-6(9(7)12)8-4-5-11-8/h1-3,8,11-12H,4-5H2/t8-/m0/s1. The van der Waals surface area contributed by atoms with Crippen molar-refractivity contribution in [2.45, 2.75) is 12.5 Å². The van der Waals surface area contributed by atoms with Gasteiger partial charge in [-0.05, 0) is 35.0 Å². The maximum atomic E-state index is 9.65. The normalized spacial score (nSPS) is 21.9. The van der Waals surface area contributed by atoms with Crippen LogP contribution in [0.5, 0.6) is 5.75 Å². The number of hydrogen-bond acceptors (Lipinski definition) is 2. The molecule has 0 radical (unpaired) electrons. The van der Waals surface area contributed by atoms with E-state index in [1.807, 2.05) is 18.2 Å². The van der Waals surface area contributed by atoms with Crippen LogP contribution in [0, 0.1) is 0 Å². The number of hydrogen-bond donors (Lipinski definition) is 2. The van der Waals surface area contributed by atoms with E-state index in [1.165, 1.54) is 0 Å². The monoisotopic (exact) mass is 227 g/mol. The van der Waals surface area contributed by atoms with Crippen LogP contribution < -0.4 is 5.32 Å². The first kappa shape index (κ1) is 8.08. The Hall–Kier alpha value is -0.540. The van der Waals surface area contributed by atoms with E-state index < -0.39 is 0 Å². The number of phenolic OH excluding ortho intramolecular Hbond substituents is 1. The van der Waals surface area contributed by atoms with Crippen LogP contribution in [0.4, 0.5) is 0 Å². The molecule has 1 saturated heterocycles. The maximum Gasteiger partial charge on any atom is 0.134 e. The van der Waals surface area contributed by atoms with E-state index in [0.29, 0.717) is 11.8 Å². The molecule has 0 amide bonds. The molecule has 1 aliphatic rings. The molecule has 1 heterocycles. The lowest BCUT2D eigenvalue weighted by molar-refractivity contribution is 0.363. The fourth-order valence-electron chi connectivity index (χ4n) is 1.37. The van der Waals surface area contributed by atoms with Crippen molar-refractivity contribution in [1.82, 2.24) is 5.32 Å². The lowest BCUT2D eigenvalue weighted by atomic mass is 9.97.